The lowest BCUT2D eigenvalue weighted by Crippen LogP contribution is -2.46. The Morgan fingerprint density at radius 3 is 2.78 bits per heavy atom. The van der Waals surface area contributed by atoms with Crippen LogP contribution in [0.1, 0.15) is 37.1 Å². The number of rotatable bonds is 2. The van der Waals surface area contributed by atoms with E-state index in [1.54, 1.807) is 6.07 Å². The number of hydrogen-bond acceptors (Lipinski definition) is 5. The highest BCUT2D eigenvalue weighted by Crippen LogP contribution is 2.38. The molecule has 0 unspecified atom stereocenters. The van der Waals surface area contributed by atoms with E-state index in [9.17, 15) is 5.11 Å². The predicted octanol–water partition coefficient (Wildman–Crippen LogP) is 3.00. The maximum absolute atomic E-state index is 10.2. The lowest BCUT2D eigenvalue weighted by molar-refractivity contribution is 0.109. The van der Waals surface area contributed by atoms with Crippen LogP contribution >= 0.6 is 0 Å². The summed E-state index contributed by atoms with van der Waals surface area (Å²) in [4.78, 5) is 6.15. The third-order valence-corrected chi connectivity index (χ3v) is 6.17. The van der Waals surface area contributed by atoms with Gasteiger partial charge in [0.15, 0.2) is 5.65 Å². The second-order valence-corrected chi connectivity index (χ2v) is 7.67. The number of H-pyrrole nitrogens is 1. The van der Waals surface area contributed by atoms with E-state index in [-0.39, 0.29) is 5.75 Å². The van der Waals surface area contributed by atoms with Gasteiger partial charge in [0.25, 0.3) is 0 Å². The molecule has 1 fully saturated rings. The molecule has 1 saturated heterocycles. The third kappa shape index (κ3) is 2.80. The van der Waals surface area contributed by atoms with Crippen LogP contribution in [0.25, 0.3) is 22.3 Å². The van der Waals surface area contributed by atoms with Crippen molar-refractivity contribution in [2.24, 2.45) is 0 Å². The predicted molar refractivity (Wildman–Crippen MR) is 106 cm³/mol. The molecule has 140 valence electrons. The summed E-state index contributed by atoms with van der Waals surface area (Å²) >= 11 is 0. The number of benzene rings is 1. The fourth-order valence-electron chi connectivity index (χ4n) is 4.80. The number of hydrogen-bond donors (Lipinski definition) is 3. The first-order valence-electron chi connectivity index (χ1n) is 9.85. The molecule has 0 saturated carbocycles. The van der Waals surface area contributed by atoms with E-state index in [4.69, 9.17) is 0 Å². The van der Waals surface area contributed by atoms with Crippen LogP contribution in [-0.4, -0.2) is 50.9 Å². The largest absolute Gasteiger partial charge is 0.507 e. The van der Waals surface area contributed by atoms with Crippen LogP contribution in [0.15, 0.2) is 30.3 Å². The standard InChI is InChI=1S/C21H25N5O/c1-13-20-16-12-18(15-4-2-3-5-19(15)27)24-25-21(16)23-17(20)8-11-26(13)14-6-9-22-10-7-14/h2-5,12-14,22,27H,6-11H2,1H3,(H,23,25)/t13-/m1/s1. The zero-order chi connectivity index (χ0) is 18.4. The fourth-order valence-corrected chi connectivity index (χ4v) is 4.80. The van der Waals surface area contributed by atoms with Crippen molar-refractivity contribution in [1.82, 2.24) is 25.4 Å². The average Bonchev–Trinajstić information content (AvgIpc) is 3.08. The Bertz CT molecular complexity index is 976. The summed E-state index contributed by atoms with van der Waals surface area (Å²) in [5.41, 5.74) is 4.92. The van der Waals surface area contributed by atoms with Crippen molar-refractivity contribution >= 4 is 11.0 Å². The Labute approximate surface area is 158 Å². The van der Waals surface area contributed by atoms with E-state index >= 15 is 0 Å². The zero-order valence-electron chi connectivity index (χ0n) is 15.6. The van der Waals surface area contributed by atoms with Crippen molar-refractivity contribution < 1.29 is 5.11 Å². The molecule has 0 radical (unpaired) electrons. The van der Waals surface area contributed by atoms with Crippen LogP contribution in [-0.2, 0) is 6.42 Å². The van der Waals surface area contributed by atoms with E-state index < -0.39 is 0 Å². The van der Waals surface area contributed by atoms with Crippen molar-refractivity contribution in [3.8, 4) is 17.0 Å². The molecule has 3 aromatic rings. The summed E-state index contributed by atoms with van der Waals surface area (Å²) < 4.78 is 0. The Morgan fingerprint density at radius 2 is 1.96 bits per heavy atom. The van der Waals surface area contributed by atoms with Gasteiger partial charge in [-0.3, -0.25) is 4.90 Å². The fraction of sp³-hybridized carbons (Fsp3) is 0.429. The minimum absolute atomic E-state index is 0.236. The SMILES string of the molecule is C[C@@H]1c2c([nH]c3nnc(-c4ccccc4O)cc23)CCN1C1CCNCC1. The number of nitrogens with zero attached hydrogens (tertiary/aromatic N) is 3. The highest BCUT2D eigenvalue weighted by atomic mass is 16.3. The second-order valence-electron chi connectivity index (χ2n) is 7.67. The monoisotopic (exact) mass is 363 g/mol. The summed E-state index contributed by atoms with van der Waals surface area (Å²) in [5.74, 6) is 0.236. The smallest absolute Gasteiger partial charge is 0.160 e. The lowest BCUT2D eigenvalue weighted by Gasteiger charge is -2.41. The molecule has 4 heterocycles. The van der Waals surface area contributed by atoms with Gasteiger partial charge in [-0.1, -0.05) is 12.1 Å². The first kappa shape index (κ1) is 16.7. The topological polar surface area (TPSA) is 77.1 Å². The molecule has 0 bridgehead atoms. The molecular formula is C21H25N5O. The summed E-state index contributed by atoms with van der Waals surface area (Å²) in [6, 6.07) is 10.4. The normalized spacial score (nSPS) is 21.4. The van der Waals surface area contributed by atoms with Gasteiger partial charge in [0.05, 0.1) is 5.69 Å². The van der Waals surface area contributed by atoms with Gasteiger partial charge >= 0.3 is 0 Å². The highest BCUT2D eigenvalue weighted by Gasteiger charge is 2.33. The molecule has 6 heteroatoms. The summed E-state index contributed by atoms with van der Waals surface area (Å²) in [6.07, 6.45) is 3.45. The summed E-state index contributed by atoms with van der Waals surface area (Å²) in [7, 11) is 0. The molecule has 0 aliphatic carbocycles. The number of phenolic OH excluding ortho intramolecular Hbond substituents is 1. The molecule has 2 aliphatic rings. The average molecular weight is 363 g/mol. The number of aromatic amines is 1. The first-order valence-corrected chi connectivity index (χ1v) is 9.85. The Balaban J connectivity index is 1.57. The minimum atomic E-state index is 0.236. The van der Waals surface area contributed by atoms with Crippen molar-refractivity contribution in [3.05, 3.63) is 41.6 Å². The van der Waals surface area contributed by atoms with Gasteiger partial charge in [-0.2, -0.15) is 0 Å². The van der Waals surface area contributed by atoms with E-state index in [2.05, 4.69) is 38.4 Å². The lowest BCUT2D eigenvalue weighted by atomic mass is 9.93. The third-order valence-electron chi connectivity index (χ3n) is 6.17. The zero-order valence-corrected chi connectivity index (χ0v) is 15.6. The van der Waals surface area contributed by atoms with E-state index in [0.29, 0.717) is 17.8 Å². The van der Waals surface area contributed by atoms with Crippen LogP contribution < -0.4 is 5.32 Å². The molecule has 0 spiro atoms. The molecule has 6 nitrogen and oxygen atoms in total. The van der Waals surface area contributed by atoms with Crippen molar-refractivity contribution in [1.29, 1.82) is 0 Å². The molecule has 2 aliphatic heterocycles. The highest BCUT2D eigenvalue weighted by molar-refractivity contribution is 5.86. The van der Waals surface area contributed by atoms with Gasteiger partial charge in [0.1, 0.15) is 5.75 Å². The summed E-state index contributed by atoms with van der Waals surface area (Å²) in [5, 5.41) is 23.6. The van der Waals surface area contributed by atoms with Gasteiger partial charge in [-0.15, -0.1) is 10.2 Å². The molecule has 5 rings (SSSR count). The Kier molecular flexibility index (Phi) is 4.10. The Hall–Kier alpha value is -2.44. The van der Waals surface area contributed by atoms with Crippen LogP contribution in [0, 0.1) is 0 Å². The molecule has 2 aromatic heterocycles. The minimum Gasteiger partial charge on any atom is -0.507 e. The number of nitrogens with one attached hydrogen (secondary N) is 2. The van der Waals surface area contributed by atoms with E-state index in [1.807, 2.05) is 18.2 Å². The molecule has 1 atom stereocenters. The van der Waals surface area contributed by atoms with Crippen LogP contribution in [0.2, 0.25) is 0 Å². The quantitative estimate of drug-likeness (QED) is 0.652. The van der Waals surface area contributed by atoms with Gasteiger partial charge in [-0.05, 0) is 56.6 Å². The van der Waals surface area contributed by atoms with Gasteiger partial charge < -0.3 is 15.4 Å². The van der Waals surface area contributed by atoms with Crippen molar-refractivity contribution in [2.75, 3.05) is 19.6 Å². The van der Waals surface area contributed by atoms with Crippen LogP contribution in [0.3, 0.4) is 0 Å². The maximum Gasteiger partial charge on any atom is 0.160 e. The van der Waals surface area contributed by atoms with Gasteiger partial charge in [0.2, 0.25) is 0 Å². The Morgan fingerprint density at radius 1 is 1.15 bits per heavy atom. The molecule has 1 aromatic carbocycles. The van der Waals surface area contributed by atoms with Crippen molar-refractivity contribution in [3.63, 3.8) is 0 Å². The van der Waals surface area contributed by atoms with Gasteiger partial charge in [0, 0.05) is 41.7 Å². The number of aromatic hydroxyl groups is 1. The number of piperidine rings is 1. The number of para-hydroxylation sites is 1. The number of aromatic nitrogens is 3. The number of fused-ring (bicyclic) bond motifs is 3. The molecule has 3 N–H and O–H groups in total. The van der Waals surface area contributed by atoms with E-state index in [0.717, 1.165) is 42.7 Å². The molecule has 27 heavy (non-hydrogen) atoms. The number of phenols is 1. The molecular weight excluding hydrogens is 338 g/mol. The van der Waals surface area contributed by atoms with Crippen LogP contribution in [0.5, 0.6) is 5.75 Å². The summed E-state index contributed by atoms with van der Waals surface area (Å²) in [6.45, 7) is 5.62. The van der Waals surface area contributed by atoms with Crippen molar-refractivity contribution in [2.45, 2.75) is 38.3 Å². The van der Waals surface area contributed by atoms with Gasteiger partial charge in [-0.25, -0.2) is 0 Å². The molecule has 0 amide bonds. The first-order chi connectivity index (χ1) is 13.2. The maximum atomic E-state index is 10.2. The van der Waals surface area contributed by atoms with E-state index in [1.165, 1.54) is 24.1 Å². The second kappa shape index (κ2) is 6.62. The van der Waals surface area contributed by atoms with Crippen LogP contribution in [0.4, 0.5) is 0 Å².